The van der Waals surface area contributed by atoms with Crippen LogP contribution < -0.4 is 4.74 Å². The highest BCUT2D eigenvalue weighted by atomic mass is 35.5. The van der Waals surface area contributed by atoms with Gasteiger partial charge >= 0.3 is 5.97 Å². The van der Waals surface area contributed by atoms with E-state index in [0.717, 1.165) is 11.6 Å². The van der Waals surface area contributed by atoms with E-state index in [9.17, 15) is 14.9 Å². The third-order valence-electron chi connectivity index (χ3n) is 1.47. The highest BCUT2D eigenvalue weighted by Gasteiger charge is 2.05. The van der Waals surface area contributed by atoms with Gasteiger partial charge in [0.05, 0.1) is 4.92 Å². The summed E-state index contributed by atoms with van der Waals surface area (Å²) in [6.07, 6.45) is 1.03. The lowest BCUT2D eigenvalue weighted by molar-refractivity contribution is -0.384. The lowest BCUT2D eigenvalue weighted by Gasteiger charge is -1.99. The summed E-state index contributed by atoms with van der Waals surface area (Å²) in [6.45, 7) is 0. The molecule has 0 heterocycles. The number of esters is 1. The number of nitrogens with zero attached hydrogens (tertiary/aromatic N) is 1. The molecule has 0 aromatic heterocycles. The first-order valence-electron chi connectivity index (χ1n) is 3.86. The first-order chi connectivity index (χ1) is 7.13. The number of hydrogen-bond acceptors (Lipinski definition) is 4. The summed E-state index contributed by atoms with van der Waals surface area (Å²) in [4.78, 5) is 20.7. The number of benzene rings is 1. The smallest absolute Gasteiger partial charge is 0.337 e. The molecule has 6 heteroatoms. The van der Waals surface area contributed by atoms with Crippen LogP contribution in [0.3, 0.4) is 0 Å². The Hall–Kier alpha value is -1.88. The molecule has 1 aromatic rings. The Morgan fingerprint density at radius 3 is 2.47 bits per heavy atom. The fraction of sp³-hybridized carbons (Fsp3) is 0. The second kappa shape index (κ2) is 5.11. The molecule has 0 aliphatic heterocycles. The molecule has 78 valence electrons. The van der Waals surface area contributed by atoms with E-state index in [1.165, 1.54) is 24.3 Å². The van der Waals surface area contributed by atoms with Gasteiger partial charge in [0.1, 0.15) is 5.75 Å². The molecule has 0 bridgehead atoms. The highest BCUT2D eigenvalue weighted by Crippen LogP contribution is 2.17. The Kier molecular flexibility index (Phi) is 3.82. The van der Waals surface area contributed by atoms with E-state index in [1.807, 2.05) is 0 Å². The number of non-ortho nitro benzene ring substituents is 1. The van der Waals surface area contributed by atoms with Crippen LogP contribution in [0.2, 0.25) is 0 Å². The van der Waals surface area contributed by atoms with E-state index in [-0.39, 0.29) is 11.4 Å². The fourth-order valence-corrected chi connectivity index (χ4v) is 0.940. The van der Waals surface area contributed by atoms with Crippen molar-refractivity contribution < 1.29 is 14.5 Å². The van der Waals surface area contributed by atoms with Gasteiger partial charge in [0.15, 0.2) is 0 Å². The topological polar surface area (TPSA) is 69.4 Å². The van der Waals surface area contributed by atoms with E-state index in [2.05, 4.69) is 0 Å². The Labute approximate surface area is 90.1 Å². The van der Waals surface area contributed by atoms with Crippen molar-refractivity contribution in [3.63, 3.8) is 0 Å². The lowest BCUT2D eigenvalue weighted by atomic mass is 10.3. The fourth-order valence-electron chi connectivity index (χ4n) is 0.838. The summed E-state index contributed by atoms with van der Waals surface area (Å²) >= 11 is 5.16. The van der Waals surface area contributed by atoms with Crippen LogP contribution in [-0.4, -0.2) is 10.9 Å². The molecule has 0 saturated heterocycles. The molecule has 0 N–H and O–H groups in total. The third kappa shape index (κ3) is 3.40. The monoisotopic (exact) mass is 227 g/mol. The Morgan fingerprint density at radius 2 is 2.00 bits per heavy atom. The van der Waals surface area contributed by atoms with Crippen LogP contribution in [0.15, 0.2) is 35.9 Å². The highest BCUT2D eigenvalue weighted by molar-refractivity contribution is 6.26. The van der Waals surface area contributed by atoms with Crippen molar-refractivity contribution >= 4 is 23.3 Å². The molecule has 15 heavy (non-hydrogen) atoms. The van der Waals surface area contributed by atoms with Crippen molar-refractivity contribution in [1.29, 1.82) is 0 Å². The van der Waals surface area contributed by atoms with Gasteiger partial charge in [-0.25, -0.2) is 4.79 Å². The Morgan fingerprint density at radius 1 is 1.40 bits per heavy atom. The zero-order chi connectivity index (χ0) is 11.3. The summed E-state index contributed by atoms with van der Waals surface area (Å²) in [7, 11) is 0. The van der Waals surface area contributed by atoms with Gasteiger partial charge < -0.3 is 4.74 Å². The van der Waals surface area contributed by atoms with Crippen LogP contribution in [0.4, 0.5) is 5.69 Å². The van der Waals surface area contributed by atoms with Crippen molar-refractivity contribution in [3.05, 3.63) is 46.0 Å². The molecular formula is C9H6ClNO4. The number of nitro benzene ring substituents is 1. The summed E-state index contributed by atoms with van der Waals surface area (Å²) < 4.78 is 4.76. The van der Waals surface area contributed by atoms with Crippen LogP contribution in [0, 0.1) is 10.1 Å². The SMILES string of the molecule is O=C(/C=C\Cl)Oc1ccc([N+](=O)[O-])cc1. The molecule has 5 nitrogen and oxygen atoms in total. The summed E-state index contributed by atoms with van der Waals surface area (Å²) in [5.74, 6) is -0.417. The van der Waals surface area contributed by atoms with Gasteiger partial charge in [-0.15, -0.1) is 0 Å². The maximum Gasteiger partial charge on any atom is 0.337 e. The molecule has 0 spiro atoms. The van der Waals surface area contributed by atoms with Crippen LogP contribution in [-0.2, 0) is 4.79 Å². The molecule has 0 atom stereocenters. The number of nitro groups is 1. The van der Waals surface area contributed by atoms with Gasteiger partial charge in [-0.05, 0) is 12.1 Å². The second-order valence-electron chi connectivity index (χ2n) is 2.46. The zero-order valence-corrected chi connectivity index (χ0v) is 8.18. The van der Waals surface area contributed by atoms with Gasteiger partial charge in [0.25, 0.3) is 5.69 Å². The van der Waals surface area contributed by atoms with E-state index >= 15 is 0 Å². The number of carbonyl (C=O) groups excluding carboxylic acids is 1. The van der Waals surface area contributed by atoms with Crippen molar-refractivity contribution in [1.82, 2.24) is 0 Å². The van der Waals surface area contributed by atoms with Gasteiger partial charge in [-0.2, -0.15) is 0 Å². The van der Waals surface area contributed by atoms with Gasteiger partial charge in [-0.1, -0.05) is 11.6 Å². The molecule has 0 amide bonds. The number of ether oxygens (including phenoxy) is 1. The summed E-state index contributed by atoms with van der Waals surface area (Å²) in [5, 5.41) is 10.3. The molecule has 1 aromatic carbocycles. The van der Waals surface area contributed by atoms with Crippen LogP contribution in [0.1, 0.15) is 0 Å². The van der Waals surface area contributed by atoms with Gasteiger partial charge in [0.2, 0.25) is 0 Å². The normalized spacial score (nSPS) is 10.2. The van der Waals surface area contributed by atoms with Crippen LogP contribution in [0.5, 0.6) is 5.75 Å². The first-order valence-corrected chi connectivity index (χ1v) is 4.30. The molecule has 0 aliphatic rings. The molecule has 0 fully saturated rings. The van der Waals surface area contributed by atoms with Crippen LogP contribution >= 0.6 is 11.6 Å². The molecule has 0 radical (unpaired) electrons. The van der Waals surface area contributed by atoms with Gasteiger partial charge in [-0.3, -0.25) is 10.1 Å². The molecule has 0 unspecified atom stereocenters. The number of rotatable bonds is 3. The number of halogens is 1. The Bertz CT molecular complexity index is 399. The van der Waals surface area contributed by atoms with Crippen molar-refractivity contribution in [2.45, 2.75) is 0 Å². The zero-order valence-electron chi connectivity index (χ0n) is 7.42. The molecule has 1 rings (SSSR count). The number of carbonyl (C=O) groups is 1. The average molecular weight is 228 g/mol. The van der Waals surface area contributed by atoms with E-state index in [1.54, 1.807) is 0 Å². The average Bonchev–Trinajstić information content (AvgIpc) is 2.18. The van der Waals surface area contributed by atoms with E-state index in [4.69, 9.17) is 16.3 Å². The predicted molar refractivity (Wildman–Crippen MR) is 53.7 cm³/mol. The van der Waals surface area contributed by atoms with Gasteiger partial charge in [0, 0.05) is 23.7 Å². The second-order valence-corrected chi connectivity index (χ2v) is 2.72. The minimum atomic E-state index is -0.640. The molecule has 0 saturated carbocycles. The van der Waals surface area contributed by atoms with Crippen molar-refractivity contribution in [2.75, 3.05) is 0 Å². The van der Waals surface area contributed by atoms with Crippen LogP contribution in [0.25, 0.3) is 0 Å². The molecular weight excluding hydrogens is 222 g/mol. The largest absolute Gasteiger partial charge is 0.423 e. The summed E-state index contributed by atoms with van der Waals surface area (Å²) in [5.41, 5.74) is 0.955. The maximum atomic E-state index is 10.9. The summed E-state index contributed by atoms with van der Waals surface area (Å²) in [6, 6.07) is 5.15. The standard InChI is InChI=1S/C9H6ClNO4/c10-6-5-9(12)15-8-3-1-7(2-4-8)11(13)14/h1-6H/b6-5-. The maximum absolute atomic E-state index is 10.9. The van der Waals surface area contributed by atoms with E-state index in [0.29, 0.717) is 0 Å². The first kappa shape index (κ1) is 11.2. The quantitative estimate of drug-likeness (QED) is 0.261. The number of hydrogen-bond donors (Lipinski definition) is 0. The van der Waals surface area contributed by atoms with E-state index < -0.39 is 10.9 Å². The minimum Gasteiger partial charge on any atom is -0.423 e. The molecule has 0 aliphatic carbocycles. The Balaban J connectivity index is 2.72. The third-order valence-corrected chi connectivity index (χ3v) is 1.59. The van der Waals surface area contributed by atoms with Crippen molar-refractivity contribution in [2.24, 2.45) is 0 Å². The lowest BCUT2D eigenvalue weighted by Crippen LogP contribution is -2.03. The minimum absolute atomic E-state index is 0.0670. The van der Waals surface area contributed by atoms with Crippen molar-refractivity contribution in [3.8, 4) is 5.75 Å². The predicted octanol–water partition coefficient (Wildman–Crippen LogP) is 2.25.